The summed E-state index contributed by atoms with van der Waals surface area (Å²) in [6.07, 6.45) is 2.80. The Hall–Kier alpha value is -2.35. The fourth-order valence-corrected chi connectivity index (χ4v) is 2.52. The molecule has 1 aromatic heterocycles. The maximum absolute atomic E-state index is 12.0. The minimum absolute atomic E-state index is 0.0665. The first-order valence-corrected chi connectivity index (χ1v) is 6.82. The van der Waals surface area contributed by atoms with Crippen molar-refractivity contribution in [1.82, 2.24) is 9.55 Å². The lowest BCUT2D eigenvalue weighted by atomic mass is 10.2. The Morgan fingerprint density at radius 1 is 1.47 bits per heavy atom. The number of amidine groups is 1. The zero-order valence-corrected chi connectivity index (χ0v) is 11.0. The van der Waals surface area contributed by atoms with E-state index in [1.54, 1.807) is 29.8 Å². The number of imidazole rings is 1. The largest absolute Gasteiger partial charge is 0.384 e. The van der Waals surface area contributed by atoms with Crippen LogP contribution in [-0.2, 0) is 17.1 Å². The minimum atomic E-state index is -3.73. The molecule has 0 aliphatic rings. The molecule has 0 fully saturated rings. The van der Waals surface area contributed by atoms with Gasteiger partial charge in [0.25, 0.3) is 10.0 Å². The molecule has 100 valence electrons. The highest BCUT2D eigenvalue weighted by Crippen LogP contribution is 2.15. The molecule has 19 heavy (non-hydrogen) atoms. The van der Waals surface area contributed by atoms with E-state index in [0.29, 0.717) is 11.3 Å². The average Bonchev–Trinajstić information content (AvgIpc) is 2.76. The van der Waals surface area contributed by atoms with Gasteiger partial charge in [-0.3, -0.25) is 10.1 Å². The second-order valence-electron chi connectivity index (χ2n) is 3.98. The normalized spacial score (nSPS) is 11.2. The van der Waals surface area contributed by atoms with Crippen LogP contribution in [0.1, 0.15) is 5.56 Å². The van der Waals surface area contributed by atoms with Crippen LogP contribution in [0.3, 0.4) is 0 Å². The Morgan fingerprint density at radius 3 is 2.79 bits per heavy atom. The highest BCUT2D eigenvalue weighted by atomic mass is 32.2. The van der Waals surface area contributed by atoms with Crippen LogP contribution in [0.25, 0.3) is 0 Å². The molecule has 0 amide bonds. The van der Waals surface area contributed by atoms with Crippen LogP contribution >= 0.6 is 0 Å². The fourth-order valence-electron chi connectivity index (χ4n) is 1.49. The number of rotatable bonds is 4. The van der Waals surface area contributed by atoms with Gasteiger partial charge >= 0.3 is 0 Å². The molecule has 7 nitrogen and oxygen atoms in total. The summed E-state index contributed by atoms with van der Waals surface area (Å²) in [5.74, 6) is -0.126. The summed E-state index contributed by atoms with van der Waals surface area (Å²) in [7, 11) is -2.05. The van der Waals surface area contributed by atoms with E-state index in [9.17, 15) is 8.42 Å². The van der Waals surface area contributed by atoms with Gasteiger partial charge in [0.2, 0.25) is 0 Å². The molecule has 0 saturated heterocycles. The maximum atomic E-state index is 12.0. The summed E-state index contributed by atoms with van der Waals surface area (Å²) < 4.78 is 28.0. The summed E-state index contributed by atoms with van der Waals surface area (Å²) in [5, 5.41) is 7.25. The van der Waals surface area contributed by atoms with E-state index in [1.165, 1.54) is 18.6 Å². The minimum Gasteiger partial charge on any atom is -0.384 e. The molecule has 1 aromatic carbocycles. The predicted molar refractivity (Wildman–Crippen MR) is 71.5 cm³/mol. The van der Waals surface area contributed by atoms with Crippen molar-refractivity contribution in [2.24, 2.45) is 12.8 Å². The lowest BCUT2D eigenvalue weighted by Crippen LogP contribution is -2.15. The highest BCUT2D eigenvalue weighted by Gasteiger charge is 2.17. The molecular weight excluding hydrogens is 266 g/mol. The number of hydrogen-bond acceptors (Lipinski definition) is 4. The number of nitrogens with one attached hydrogen (secondary N) is 2. The summed E-state index contributed by atoms with van der Waals surface area (Å²) >= 11 is 0. The van der Waals surface area contributed by atoms with Gasteiger partial charge in [-0.15, -0.1) is 0 Å². The standard InChI is InChI=1S/C11H13N5O2S/c1-16-6-10(14-7-16)19(17,18)15-9-4-2-3-8(5-9)11(12)13/h2-7,15H,1H3,(H3,12,13). The zero-order valence-electron chi connectivity index (χ0n) is 10.2. The van der Waals surface area contributed by atoms with Crippen molar-refractivity contribution >= 4 is 21.5 Å². The molecule has 1 heterocycles. The topological polar surface area (TPSA) is 114 Å². The SMILES string of the molecule is Cn1cnc(S(=O)(=O)Nc2cccc(C(=N)N)c2)c1. The summed E-state index contributed by atoms with van der Waals surface area (Å²) in [5.41, 5.74) is 6.13. The molecule has 0 radical (unpaired) electrons. The van der Waals surface area contributed by atoms with Gasteiger partial charge in [0.15, 0.2) is 5.03 Å². The molecule has 0 unspecified atom stereocenters. The molecule has 0 bridgehead atoms. The number of sulfonamides is 1. The summed E-state index contributed by atoms with van der Waals surface area (Å²) in [6, 6.07) is 6.31. The lowest BCUT2D eigenvalue weighted by molar-refractivity contribution is 0.598. The molecule has 4 N–H and O–H groups in total. The first-order valence-electron chi connectivity index (χ1n) is 5.34. The number of benzene rings is 1. The number of hydrogen-bond donors (Lipinski definition) is 3. The van der Waals surface area contributed by atoms with Gasteiger partial charge in [0, 0.05) is 24.5 Å². The molecular formula is C11H13N5O2S. The third kappa shape index (κ3) is 2.91. The first-order chi connectivity index (χ1) is 8.88. The predicted octanol–water partition coefficient (Wildman–Crippen LogP) is 0.505. The smallest absolute Gasteiger partial charge is 0.280 e. The monoisotopic (exact) mass is 279 g/mol. The zero-order chi connectivity index (χ0) is 14.0. The van der Waals surface area contributed by atoms with Crippen molar-refractivity contribution in [3.05, 3.63) is 42.4 Å². The van der Waals surface area contributed by atoms with Crippen LogP contribution in [0.15, 0.2) is 41.8 Å². The third-order valence-electron chi connectivity index (χ3n) is 2.38. The molecule has 2 aromatic rings. The molecule has 0 aliphatic carbocycles. The fraction of sp³-hybridized carbons (Fsp3) is 0.0909. The molecule has 0 spiro atoms. The van der Waals surface area contributed by atoms with Crippen molar-refractivity contribution in [1.29, 1.82) is 5.41 Å². The van der Waals surface area contributed by atoms with Crippen LogP contribution in [-0.4, -0.2) is 23.8 Å². The Balaban J connectivity index is 2.30. The van der Waals surface area contributed by atoms with E-state index in [4.69, 9.17) is 11.1 Å². The quantitative estimate of drug-likeness (QED) is 0.558. The Labute approximate surface area is 110 Å². The molecule has 8 heteroatoms. The molecule has 0 saturated carbocycles. The second-order valence-corrected chi connectivity index (χ2v) is 5.61. The van der Waals surface area contributed by atoms with Gasteiger partial charge in [-0.2, -0.15) is 8.42 Å². The first kappa shape index (κ1) is 13.1. The van der Waals surface area contributed by atoms with E-state index in [1.807, 2.05) is 0 Å². The lowest BCUT2D eigenvalue weighted by Gasteiger charge is -2.07. The van der Waals surface area contributed by atoms with Crippen LogP contribution in [0.2, 0.25) is 0 Å². The Morgan fingerprint density at radius 2 is 2.21 bits per heavy atom. The molecule has 0 atom stereocenters. The number of aromatic nitrogens is 2. The van der Waals surface area contributed by atoms with Crippen LogP contribution < -0.4 is 10.5 Å². The number of nitrogens with two attached hydrogens (primary N) is 1. The van der Waals surface area contributed by atoms with E-state index in [2.05, 4.69) is 9.71 Å². The Kier molecular flexibility index (Phi) is 3.26. The van der Waals surface area contributed by atoms with E-state index in [-0.39, 0.29) is 10.9 Å². The van der Waals surface area contributed by atoms with Gasteiger partial charge in [-0.05, 0) is 12.1 Å². The second kappa shape index (κ2) is 4.73. The maximum Gasteiger partial charge on any atom is 0.280 e. The number of anilines is 1. The van der Waals surface area contributed by atoms with Gasteiger partial charge < -0.3 is 10.3 Å². The van der Waals surface area contributed by atoms with Crippen molar-refractivity contribution in [2.75, 3.05) is 4.72 Å². The molecule has 0 aliphatic heterocycles. The van der Waals surface area contributed by atoms with Crippen molar-refractivity contribution < 1.29 is 8.42 Å². The highest BCUT2D eigenvalue weighted by molar-refractivity contribution is 7.92. The van der Waals surface area contributed by atoms with Gasteiger partial charge in [0.05, 0.1) is 6.33 Å². The van der Waals surface area contributed by atoms with E-state index < -0.39 is 10.0 Å². The Bertz CT molecular complexity index is 720. The van der Waals surface area contributed by atoms with Crippen LogP contribution in [0, 0.1) is 5.41 Å². The summed E-state index contributed by atoms with van der Waals surface area (Å²) in [4.78, 5) is 3.79. The van der Waals surface area contributed by atoms with Crippen molar-refractivity contribution in [3.8, 4) is 0 Å². The number of nitrogens with zero attached hydrogens (tertiary/aromatic N) is 2. The van der Waals surface area contributed by atoms with Crippen molar-refractivity contribution in [2.45, 2.75) is 5.03 Å². The van der Waals surface area contributed by atoms with Crippen LogP contribution in [0.5, 0.6) is 0 Å². The van der Waals surface area contributed by atoms with Gasteiger partial charge in [0.1, 0.15) is 5.84 Å². The number of nitrogen functional groups attached to an aromatic ring is 1. The van der Waals surface area contributed by atoms with E-state index >= 15 is 0 Å². The van der Waals surface area contributed by atoms with E-state index in [0.717, 1.165) is 0 Å². The number of aryl methyl sites for hydroxylation is 1. The molecule has 2 rings (SSSR count). The third-order valence-corrected chi connectivity index (χ3v) is 3.65. The van der Waals surface area contributed by atoms with Crippen LogP contribution in [0.4, 0.5) is 5.69 Å². The summed E-state index contributed by atoms with van der Waals surface area (Å²) in [6.45, 7) is 0. The van der Waals surface area contributed by atoms with Gasteiger partial charge in [-0.1, -0.05) is 12.1 Å². The van der Waals surface area contributed by atoms with Gasteiger partial charge in [-0.25, -0.2) is 4.98 Å². The van der Waals surface area contributed by atoms with Crippen molar-refractivity contribution in [3.63, 3.8) is 0 Å². The average molecular weight is 279 g/mol.